The van der Waals surface area contributed by atoms with Gasteiger partial charge in [0.15, 0.2) is 5.16 Å². The molecule has 0 fully saturated rings. The lowest BCUT2D eigenvalue weighted by atomic mass is 10.3. The fourth-order valence-corrected chi connectivity index (χ4v) is 5.53. The molecular weight excluding hydrogens is 458 g/mol. The molecule has 4 rings (SSSR count). The van der Waals surface area contributed by atoms with Crippen LogP contribution in [-0.4, -0.2) is 45.8 Å². The number of aromatic nitrogens is 4. The standard InChI is InChI=1S/C23H27N5O3S2/c1-5-6-12-27-20-11-10-18(33(30,31)26(3)4)14-19(20)25-23(27)32-15-17-13-22(29)28-16(2)8-7-9-21(28)24-17/h7-11,13-14H,5-6,12,15H2,1-4H3. The van der Waals surface area contributed by atoms with E-state index in [-0.39, 0.29) is 10.5 Å². The zero-order chi connectivity index (χ0) is 23.8. The molecule has 0 radical (unpaired) electrons. The van der Waals surface area contributed by atoms with Crippen molar-refractivity contribution in [2.45, 2.75) is 49.0 Å². The number of nitrogens with zero attached hydrogens (tertiary/aromatic N) is 5. The summed E-state index contributed by atoms with van der Waals surface area (Å²) in [5, 5.41) is 0.782. The first-order chi connectivity index (χ1) is 15.7. The summed E-state index contributed by atoms with van der Waals surface area (Å²) in [6.07, 6.45) is 2.00. The summed E-state index contributed by atoms with van der Waals surface area (Å²) in [5.74, 6) is 0.484. The summed E-state index contributed by atoms with van der Waals surface area (Å²) in [4.78, 5) is 22.2. The van der Waals surface area contributed by atoms with E-state index in [1.165, 1.54) is 30.2 Å². The van der Waals surface area contributed by atoms with Crippen molar-refractivity contribution in [2.75, 3.05) is 14.1 Å². The summed E-state index contributed by atoms with van der Waals surface area (Å²) in [7, 11) is -0.513. The number of thioether (sulfide) groups is 1. The SMILES string of the molecule is CCCCn1c(SCc2cc(=O)n3c(C)cccc3n2)nc2cc(S(=O)(=O)N(C)C)ccc21. The molecule has 0 N–H and O–H groups in total. The Morgan fingerprint density at radius 3 is 2.61 bits per heavy atom. The van der Waals surface area contributed by atoms with E-state index in [4.69, 9.17) is 4.98 Å². The van der Waals surface area contributed by atoms with E-state index in [0.717, 1.165) is 35.8 Å². The summed E-state index contributed by atoms with van der Waals surface area (Å²) in [5.41, 5.74) is 3.57. The van der Waals surface area contributed by atoms with Crippen molar-refractivity contribution in [3.63, 3.8) is 0 Å². The van der Waals surface area contributed by atoms with Crippen LogP contribution in [0.3, 0.4) is 0 Å². The zero-order valence-electron chi connectivity index (χ0n) is 19.1. The van der Waals surface area contributed by atoms with E-state index in [1.807, 2.05) is 31.2 Å². The molecule has 174 valence electrons. The van der Waals surface area contributed by atoms with Crippen molar-refractivity contribution in [1.29, 1.82) is 0 Å². The van der Waals surface area contributed by atoms with E-state index in [1.54, 1.807) is 22.6 Å². The Labute approximate surface area is 197 Å². The van der Waals surface area contributed by atoms with Crippen LogP contribution in [0.2, 0.25) is 0 Å². The summed E-state index contributed by atoms with van der Waals surface area (Å²) >= 11 is 1.50. The summed E-state index contributed by atoms with van der Waals surface area (Å²) in [6.45, 7) is 4.79. The van der Waals surface area contributed by atoms with E-state index in [2.05, 4.69) is 16.5 Å². The first-order valence-electron chi connectivity index (χ1n) is 10.8. The van der Waals surface area contributed by atoms with Gasteiger partial charge in [0.1, 0.15) is 5.65 Å². The van der Waals surface area contributed by atoms with Gasteiger partial charge in [-0.15, -0.1) is 0 Å². The lowest BCUT2D eigenvalue weighted by Gasteiger charge is -2.11. The second-order valence-electron chi connectivity index (χ2n) is 8.07. The van der Waals surface area contributed by atoms with Gasteiger partial charge in [-0.3, -0.25) is 9.20 Å². The molecule has 8 nitrogen and oxygen atoms in total. The molecule has 3 heterocycles. The third kappa shape index (κ3) is 4.55. The van der Waals surface area contributed by atoms with Gasteiger partial charge in [-0.05, 0) is 43.7 Å². The van der Waals surface area contributed by atoms with Gasteiger partial charge in [0, 0.05) is 38.2 Å². The quantitative estimate of drug-likeness (QED) is 0.354. The van der Waals surface area contributed by atoms with Crippen LogP contribution in [0.5, 0.6) is 0 Å². The maximum atomic E-state index is 12.6. The highest BCUT2D eigenvalue weighted by molar-refractivity contribution is 7.98. The molecule has 0 spiro atoms. The normalized spacial score (nSPS) is 12.3. The molecule has 0 unspecified atom stereocenters. The topological polar surface area (TPSA) is 89.6 Å². The largest absolute Gasteiger partial charge is 0.319 e. The predicted molar refractivity (Wildman–Crippen MR) is 131 cm³/mol. The van der Waals surface area contributed by atoms with Gasteiger partial charge in [0.05, 0.1) is 21.6 Å². The molecule has 0 aliphatic heterocycles. The molecule has 4 aromatic rings. The lowest BCUT2D eigenvalue weighted by molar-refractivity contribution is 0.521. The van der Waals surface area contributed by atoms with Crippen LogP contribution >= 0.6 is 11.8 Å². The molecule has 0 aliphatic carbocycles. The van der Waals surface area contributed by atoms with E-state index < -0.39 is 10.0 Å². The first kappa shape index (κ1) is 23.5. The van der Waals surface area contributed by atoms with Gasteiger partial charge in [-0.25, -0.2) is 22.7 Å². The van der Waals surface area contributed by atoms with Crippen LogP contribution in [0.4, 0.5) is 0 Å². The number of imidazole rings is 1. The van der Waals surface area contributed by atoms with Crippen LogP contribution in [0.15, 0.2) is 57.3 Å². The number of hydrogen-bond donors (Lipinski definition) is 0. The molecule has 10 heteroatoms. The Bertz CT molecular complexity index is 1490. The molecule has 0 bridgehead atoms. The van der Waals surface area contributed by atoms with Crippen LogP contribution in [0.1, 0.15) is 31.2 Å². The molecule has 0 saturated heterocycles. The maximum absolute atomic E-state index is 12.6. The molecular formula is C23H27N5O3S2. The minimum atomic E-state index is -3.54. The van der Waals surface area contributed by atoms with Gasteiger partial charge in [0.25, 0.3) is 5.56 Å². The van der Waals surface area contributed by atoms with E-state index in [9.17, 15) is 13.2 Å². The van der Waals surface area contributed by atoms with Crippen LogP contribution in [0.25, 0.3) is 16.7 Å². The van der Waals surface area contributed by atoms with Crippen molar-refractivity contribution < 1.29 is 8.42 Å². The van der Waals surface area contributed by atoms with Crippen molar-refractivity contribution >= 4 is 38.5 Å². The van der Waals surface area contributed by atoms with Gasteiger partial charge < -0.3 is 4.57 Å². The average molecular weight is 486 g/mol. The number of fused-ring (bicyclic) bond motifs is 2. The molecule has 0 amide bonds. The number of unbranched alkanes of at least 4 members (excludes halogenated alkanes) is 1. The van der Waals surface area contributed by atoms with E-state index in [0.29, 0.717) is 22.6 Å². The zero-order valence-corrected chi connectivity index (χ0v) is 20.8. The monoisotopic (exact) mass is 485 g/mol. The fourth-order valence-electron chi connectivity index (χ4n) is 3.68. The van der Waals surface area contributed by atoms with Crippen LogP contribution in [-0.2, 0) is 22.3 Å². The second kappa shape index (κ2) is 9.28. The highest BCUT2D eigenvalue weighted by Gasteiger charge is 2.20. The average Bonchev–Trinajstić information content (AvgIpc) is 3.12. The predicted octanol–water partition coefficient (Wildman–Crippen LogP) is 3.70. The van der Waals surface area contributed by atoms with Crippen molar-refractivity contribution in [3.8, 4) is 0 Å². The Hall–Kier alpha value is -2.69. The molecule has 33 heavy (non-hydrogen) atoms. The Morgan fingerprint density at radius 1 is 1.09 bits per heavy atom. The third-order valence-corrected chi connectivity index (χ3v) is 8.30. The summed E-state index contributed by atoms with van der Waals surface area (Å²) < 4.78 is 30.0. The number of rotatable bonds is 8. The first-order valence-corrected chi connectivity index (χ1v) is 13.2. The van der Waals surface area contributed by atoms with Gasteiger partial charge >= 0.3 is 0 Å². The minimum absolute atomic E-state index is 0.105. The molecule has 1 aromatic carbocycles. The van der Waals surface area contributed by atoms with Gasteiger partial charge in [0.2, 0.25) is 10.0 Å². The number of aryl methyl sites for hydroxylation is 2. The number of pyridine rings is 1. The van der Waals surface area contributed by atoms with Crippen LogP contribution in [0, 0.1) is 6.92 Å². The molecule has 3 aromatic heterocycles. The smallest absolute Gasteiger partial charge is 0.258 e. The van der Waals surface area contributed by atoms with Gasteiger partial charge in [-0.2, -0.15) is 0 Å². The van der Waals surface area contributed by atoms with Crippen molar-refractivity contribution in [1.82, 2.24) is 23.2 Å². The highest BCUT2D eigenvalue weighted by atomic mass is 32.2. The third-order valence-electron chi connectivity index (χ3n) is 5.48. The van der Waals surface area contributed by atoms with Gasteiger partial charge in [-0.1, -0.05) is 31.2 Å². The van der Waals surface area contributed by atoms with Crippen LogP contribution < -0.4 is 5.56 Å². The lowest BCUT2D eigenvalue weighted by Crippen LogP contribution is -2.22. The molecule has 0 aliphatic rings. The second-order valence-corrected chi connectivity index (χ2v) is 11.2. The molecule has 0 saturated carbocycles. The molecule has 0 atom stereocenters. The number of benzene rings is 1. The summed E-state index contributed by atoms with van der Waals surface area (Å²) in [6, 6.07) is 12.2. The Morgan fingerprint density at radius 2 is 1.88 bits per heavy atom. The maximum Gasteiger partial charge on any atom is 0.258 e. The minimum Gasteiger partial charge on any atom is -0.319 e. The number of sulfonamides is 1. The Kier molecular flexibility index (Phi) is 6.60. The van der Waals surface area contributed by atoms with Crippen molar-refractivity contribution in [3.05, 3.63) is 64.2 Å². The number of hydrogen-bond acceptors (Lipinski definition) is 6. The Balaban J connectivity index is 1.70. The van der Waals surface area contributed by atoms with E-state index >= 15 is 0 Å². The van der Waals surface area contributed by atoms with Crippen molar-refractivity contribution in [2.24, 2.45) is 0 Å². The highest BCUT2D eigenvalue weighted by Crippen LogP contribution is 2.29. The fraction of sp³-hybridized carbons (Fsp3) is 0.348.